The predicted molar refractivity (Wildman–Crippen MR) is 32.4 cm³/mol. The third-order valence-corrected chi connectivity index (χ3v) is 0.365. The Kier molecular flexibility index (Phi) is 6.17. The molecule has 0 bridgehead atoms. The molecule has 2 nitrogen and oxygen atoms in total. The summed E-state index contributed by atoms with van der Waals surface area (Å²) in [5.74, 6) is -0.935. The van der Waals surface area contributed by atoms with Gasteiger partial charge in [-0.25, -0.2) is 4.79 Å². The average Bonchev–Trinajstić information content (AvgIpc) is 1.36. The zero-order valence-electron chi connectivity index (χ0n) is 4.27. The molecule has 0 heterocycles. The van der Waals surface area contributed by atoms with Crippen LogP contribution in [0.15, 0.2) is 12.2 Å². The number of carboxylic acids is 1. The Bertz CT molecular complexity index is 75.7. The maximum atomic E-state index is 9.60. The molecule has 0 aromatic rings. The Hall–Kier alpha value is 0.0931. The van der Waals surface area contributed by atoms with E-state index in [9.17, 15) is 4.79 Å². The molecule has 0 aliphatic rings. The molecule has 0 aliphatic heterocycles. The van der Waals surface area contributed by atoms with Crippen molar-refractivity contribution in [2.75, 3.05) is 0 Å². The minimum atomic E-state index is -0.935. The van der Waals surface area contributed by atoms with Crippen LogP contribution in [0.4, 0.5) is 0 Å². The van der Waals surface area contributed by atoms with Crippen LogP contribution in [0.25, 0.3) is 0 Å². The average molecular weight is 298 g/mol. The van der Waals surface area contributed by atoms with Gasteiger partial charge < -0.3 is 5.11 Å². The fourth-order valence-electron chi connectivity index (χ4n) is 0. The third-order valence-electron chi connectivity index (χ3n) is 0.365. The first-order chi connectivity index (χ1) is 2.64. The fraction of sp³-hybridized carbons (Fsp3) is 0.250. The Morgan fingerprint density at radius 3 is 1.86 bits per heavy atom. The van der Waals surface area contributed by atoms with Gasteiger partial charge in [0.2, 0.25) is 0 Å². The molecule has 0 aromatic carbocycles. The molecule has 0 saturated carbocycles. The van der Waals surface area contributed by atoms with Crippen LogP contribution >= 0.6 is 0 Å². The summed E-state index contributed by atoms with van der Waals surface area (Å²) in [6.07, 6.45) is 0. The number of hydrogen-bond acceptors (Lipinski definition) is 1. The first-order valence-corrected chi connectivity index (χ1v) is 1.53. The molecule has 0 spiro atoms. The van der Waals surface area contributed by atoms with Crippen molar-refractivity contribution in [2.45, 2.75) is 6.92 Å². The van der Waals surface area contributed by atoms with Crippen LogP contribution in [0, 0.1) is 0 Å². The van der Waals surface area contributed by atoms with Crippen LogP contribution in [0.1, 0.15) is 6.92 Å². The summed E-state index contributed by atoms with van der Waals surface area (Å²) in [5.41, 5.74) is 0.176. The standard InChI is InChI=1S/C4H6O2.Bi.3H/c1-3(2)4(5)6;;;;/h1H2,2H3,(H,5,6);;;;. The summed E-state index contributed by atoms with van der Waals surface area (Å²) in [6.45, 7) is 4.60. The molecule has 0 unspecified atom stereocenters. The SMILES string of the molecule is C=C(C)C(=O)O.[BiH3]. The van der Waals surface area contributed by atoms with Crippen LogP contribution in [-0.2, 0) is 4.79 Å². The second-order valence-corrected chi connectivity index (χ2v) is 1.09. The van der Waals surface area contributed by atoms with Gasteiger partial charge in [0.1, 0.15) is 0 Å². The van der Waals surface area contributed by atoms with E-state index < -0.39 is 5.97 Å². The molecule has 0 saturated heterocycles. The van der Waals surface area contributed by atoms with E-state index in [0.29, 0.717) is 0 Å². The van der Waals surface area contributed by atoms with Crippen molar-refractivity contribution in [3.8, 4) is 0 Å². The number of rotatable bonds is 1. The summed E-state index contributed by atoms with van der Waals surface area (Å²) in [7, 11) is 0. The van der Waals surface area contributed by atoms with Gasteiger partial charge in [0.25, 0.3) is 0 Å². The van der Waals surface area contributed by atoms with Gasteiger partial charge >= 0.3 is 32.2 Å². The van der Waals surface area contributed by atoms with Crippen molar-refractivity contribution in [2.24, 2.45) is 0 Å². The summed E-state index contributed by atoms with van der Waals surface area (Å²) >= 11 is 0. The van der Waals surface area contributed by atoms with Crippen LogP contribution in [-0.4, -0.2) is 37.3 Å². The minimum absolute atomic E-state index is 0. The first kappa shape index (κ1) is 10.2. The van der Waals surface area contributed by atoms with Gasteiger partial charge in [-0.05, 0) is 6.92 Å². The van der Waals surface area contributed by atoms with Gasteiger partial charge in [0, 0.05) is 5.57 Å². The summed E-state index contributed by atoms with van der Waals surface area (Å²) in [5, 5.41) is 7.89. The van der Waals surface area contributed by atoms with Crippen molar-refractivity contribution >= 4 is 32.2 Å². The van der Waals surface area contributed by atoms with Gasteiger partial charge in [-0.2, -0.15) is 0 Å². The predicted octanol–water partition coefficient (Wildman–Crippen LogP) is -0.537. The van der Waals surface area contributed by atoms with Gasteiger partial charge in [-0.1, -0.05) is 6.58 Å². The second-order valence-electron chi connectivity index (χ2n) is 1.09. The molecular formula is C4H9BiO2. The van der Waals surface area contributed by atoms with Crippen molar-refractivity contribution < 1.29 is 9.90 Å². The Balaban J connectivity index is 0. The van der Waals surface area contributed by atoms with Crippen LogP contribution in [0.3, 0.4) is 0 Å². The number of aliphatic carboxylic acids is 1. The van der Waals surface area contributed by atoms with E-state index in [1.807, 2.05) is 0 Å². The Labute approximate surface area is 61.3 Å². The first-order valence-electron chi connectivity index (χ1n) is 1.53. The van der Waals surface area contributed by atoms with E-state index >= 15 is 0 Å². The van der Waals surface area contributed by atoms with Gasteiger partial charge in [0.15, 0.2) is 0 Å². The van der Waals surface area contributed by atoms with E-state index in [2.05, 4.69) is 6.58 Å². The molecule has 0 aliphatic carbocycles. The van der Waals surface area contributed by atoms with E-state index in [1.165, 1.54) is 6.92 Å². The van der Waals surface area contributed by atoms with E-state index in [4.69, 9.17) is 5.11 Å². The number of hydrogen-bond donors (Lipinski definition) is 1. The van der Waals surface area contributed by atoms with E-state index in [-0.39, 0.29) is 31.8 Å². The zero-order valence-corrected chi connectivity index (χ0v) is 9.77. The van der Waals surface area contributed by atoms with Gasteiger partial charge in [0.05, 0.1) is 0 Å². The van der Waals surface area contributed by atoms with Crippen LogP contribution in [0.5, 0.6) is 0 Å². The molecule has 0 amide bonds. The van der Waals surface area contributed by atoms with E-state index in [1.54, 1.807) is 0 Å². The van der Waals surface area contributed by atoms with Crippen LogP contribution in [0.2, 0.25) is 0 Å². The number of carboxylic acid groups (broad SMARTS) is 1. The van der Waals surface area contributed by atoms with Gasteiger partial charge in [-0.3, -0.25) is 0 Å². The van der Waals surface area contributed by atoms with E-state index in [0.717, 1.165) is 0 Å². The van der Waals surface area contributed by atoms with Crippen molar-refractivity contribution in [3.05, 3.63) is 12.2 Å². The Morgan fingerprint density at radius 2 is 1.86 bits per heavy atom. The number of carbonyl (C=O) groups is 1. The summed E-state index contributed by atoms with van der Waals surface area (Å²) in [6, 6.07) is 0. The van der Waals surface area contributed by atoms with Crippen molar-refractivity contribution in [1.82, 2.24) is 0 Å². The molecule has 0 aromatic heterocycles. The maximum absolute atomic E-state index is 9.60. The second kappa shape index (κ2) is 4.26. The monoisotopic (exact) mass is 298 g/mol. The summed E-state index contributed by atoms with van der Waals surface area (Å²) in [4.78, 5) is 9.60. The third kappa shape index (κ3) is 6.09. The normalized spacial score (nSPS) is 6.43. The molecule has 42 valence electrons. The van der Waals surface area contributed by atoms with Crippen molar-refractivity contribution in [3.63, 3.8) is 0 Å². The molecule has 0 radical (unpaired) electrons. The molecule has 0 atom stereocenters. The quantitative estimate of drug-likeness (QED) is 0.522. The molecular weight excluding hydrogens is 289 g/mol. The van der Waals surface area contributed by atoms with Crippen LogP contribution < -0.4 is 0 Å². The fourth-order valence-corrected chi connectivity index (χ4v) is 0. The Morgan fingerprint density at radius 1 is 1.71 bits per heavy atom. The molecule has 1 N–H and O–H groups in total. The van der Waals surface area contributed by atoms with Crippen molar-refractivity contribution in [1.29, 1.82) is 0 Å². The zero-order chi connectivity index (χ0) is 5.15. The summed E-state index contributed by atoms with van der Waals surface area (Å²) < 4.78 is 0. The molecule has 3 heteroatoms. The van der Waals surface area contributed by atoms with Gasteiger partial charge in [-0.15, -0.1) is 0 Å². The molecule has 0 fully saturated rings. The molecule has 7 heavy (non-hydrogen) atoms. The topological polar surface area (TPSA) is 37.3 Å². The molecule has 0 rings (SSSR count).